The van der Waals surface area contributed by atoms with Crippen molar-refractivity contribution < 1.29 is 14.3 Å². The van der Waals surface area contributed by atoms with Gasteiger partial charge in [0, 0.05) is 21.9 Å². The number of benzene rings is 3. The molecule has 0 fully saturated rings. The normalized spacial score (nSPS) is 10.8. The van der Waals surface area contributed by atoms with E-state index in [1.807, 2.05) is 90.3 Å². The first-order valence-corrected chi connectivity index (χ1v) is 12.1. The molecule has 5 aromatic rings. The van der Waals surface area contributed by atoms with Gasteiger partial charge < -0.3 is 10.1 Å². The van der Waals surface area contributed by atoms with Gasteiger partial charge in [-0.25, -0.2) is 9.78 Å². The standard InChI is InChI=1S/C29H22N2O3S/c1-2-34-29(33)26-23(19-11-5-3-6-12-19)18-35-28(26)31-27(32)22-17-25(20-13-7-4-8-14-20)30-24-16-10-9-15-21(22)24/h3-18H,2H2,1H3,(H,31,32). The number of anilines is 1. The summed E-state index contributed by atoms with van der Waals surface area (Å²) in [5, 5.41) is 6.04. The van der Waals surface area contributed by atoms with Gasteiger partial charge in [-0.2, -0.15) is 0 Å². The molecule has 2 heterocycles. The number of amides is 1. The number of para-hydroxylation sites is 1. The van der Waals surface area contributed by atoms with Gasteiger partial charge in [0.05, 0.1) is 23.4 Å². The van der Waals surface area contributed by atoms with E-state index in [9.17, 15) is 9.59 Å². The number of aromatic nitrogens is 1. The van der Waals surface area contributed by atoms with E-state index in [0.717, 1.165) is 27.6 Å². The van der Waals surface area contributed by atoms with Gasteiger partial charge in [-0.3, -0.25) is 4.79 Å². The van der Waals surface area contributed by atoms with Crippen molar-refractivity contribution in [1.29, 1.82) is 0 Å². The van der Waals surface area contributed by atoms with Crippen molar-refractivity contribution in [1.82, 2.24) is 4.98 Å². The Bertz CT molecular complexity index is 1510. The summed E-state index contributed by atoms with van der Waals surface area (Å²) in [6.07, 6.45) is 0. The summed E-state index contributed by atoms with van der Waals surface area (Å²) in [5.74, 6) is -0.778. The van der Waals surface area contributed by atoms with E-state index in [1.165, 1.54) is 11.3 Å². The smallest absolute Gasteiger partial charge is 0.341 e. The summed E-state index contributed by atoms with van der Waals surface area (Å²) in [4.78, 5) is 31.3. The number of rotatable bonds is 6. The maximum atomic E-state index is 13.6. The lowest BCUT2D eigenvalue weighted by atomic mass is 10.0. The first-order chi connectivity index (χ1) is 17.2. The van der Waals surface area contributed by atoms with Crippen molar-refractivity contribution >= 4 is 39.1 Å². The molecule has 0 aliphatic heterocycles. The van der Waals surface area contributed by atoms with Gasteiger partial charge in [0.25, 0.3) is 5.91 Å². The summed E-state index contributed by atoms with van der Waals surface area (Å²) in [6.45, 7) is 2.00. The molecule has 0 radical (unpaired) electrons. The van der Waals surface area contributed by atoms with Crippen LogP contribution in [0.2, 0.25) is 0 Å². The van der Waals surface area contributed by atoms with Gasteiger partial charge in [0.2, 0.25) is 0 Å². The van der Waals surface area contributed by atoms with Crippen LogP contribution in [0.15, 0.2) is 96.4 Å². The minimum atomic E-state index is -0.465. The lowest BCUT2D eigenvalue weighted by Gasteiger charge is -2.12. The molecule has 6 heteroatoms. The Morgan fingerprint density at radius 2 is 1.54 bits per heavy atom. The van der Waals surface area contributed by atoms with Gasteiger partial charge >= 0.3 is 5.97 Å². The van der Waals surface area contributed by atoms with Crippen LogP contribution in [0.4, 0.5) is 5.00 Å². The number of esters is 1. The Labute approximate surface area is 207 Å². The summed E-state index contributed by atoms with van der Waals surface area (Å²) < 4.78 is 5.33. The number of thiophene rings is 1. The van der Waals surface area contributed by atoms with E-state index in [1.54, 1.807) is 13.0 Å². The molecule has 3 aromatic carbocycles. The fourth-order valence-electron chi connectivity index (χ4n) is 3.98. The molecule has 0 bridgehead atoms. The topological polar surface area (TPSA) is 68.3 Å². The minimum absolute atomic E-state index is 0.242. The first-order valence-electron chi connectivity index (χ1n) is 11.3. The van der Waals surface area contributed by atoms with E-state index in [4.69, 9.17) is 9.72 Å². The molecule has 0 unspecified atom stereocenters. The Balaban J connectivity index is 1.58. The van der Waals surface area contributed by atoms with E-state index in [0.29, 0.717) is 21.8 Å². The lowest BCUT2D eigenvalue weighted by molar-refractivity contribution is 0.0529. The van der Waals surface area contributed by atoms with Crippen LogP contribution in [0.3, 0.4) is 0 Å². The zero-order chi connectivity index (χ0) is 24.2. The van der Waals surface area contributed by atoms with Crippen molar-refractivity contribution in [3.8, 4) is 22.4 Å². The predicted molar refractivity (Wildman–Crippen MR) is 141 cm³/mol. The molecule has 2 aromatic heterocycles. The largest absolute Gasteiger partial charge is 0.462 e. The second kappa shape index (κ2) is 9.91. The van der Waals surface area contributed by atoms with Crippen LogP contribution < -0.4 is 5.32 Å². The third kappa shape index (κ3) is 4.56. The molecule has 0 saturated carbocycles. The highest BCUT2D eigenvalue weighted by Gasteiger charge is 2.24. The third-order valence-corrected chi connectivity index (χ3v) is 6.51. The van der Waals surface area contributed by atoms with Crippen molar-refractivity contribution in [2.75, 3.05) is 11.9 Å². The number of ether oxygens (including phenoxy) is 1. The molecule has 35 heavy (non-hydrogen) atoms. The highest BCUT2D eigenvalue weighted by Crippen LogP contribution is 2.37. The molecular weight excluding hydrogens is 456 g/mol. The highest BCUT2D eigenvalue weighted by atomic mass is 32.1. The maximum absolute atomic E-state index is 13.6. The average Bonchev–Trinajstić information content (AvgIpc) is 3.32. The SMILES string of the molecule is CCOC(=O)c1c(-c2ccccc2)csc1NC(=O)c1cc(-c2ccccc2)nc2ccccc12. The molecule has 0 saturated heterocycles. The van der Waals surface area contributed by atoms with Gasteiger partial charge in [0.15, 0.2) is 0 Å². The molecule has 1 N–H and O–H groups in total. The molecule has 1 amide bonds. The Morgan fingerprint density at radius 3 is 2.26 bits per heavy atom. The number of nitrogens with one attached hydrogen (secondary N) is 1. The fourth-order valence-corrected chi connectivity index (χ4v) is 4.93. The third-order valence-electron chi connectivity index (χ3n) is 5.61. The fraction of sp³-hybridized carbons (Fsp3) is 0.0690. The first kappa shape index (κ1) is 22.5. The van der Waals surface area contributed by atoms with Gasteiger partial charge in [0.1, 0.15) is 10.6 Å². The molecule has 5 nitrogen and oxygen atoms in total. The van der Waals surface area contributed by atoms with Crippen LogP contribution in [0.1, 0.15) is 27.6 Å². The molecular formula is C29H22N2O3S. The summed E-state index contributed by atoms with van der Waals surface area (Å²) >= 11 is 1.31. The van der Waals surface area contributed by atoms with Crippen molar-refractivity contribution in [3.05, 3.63) is 108 Å². The minimum Gasteiger partial charge on any atom is -0.462 e. The molecule has 0 aliphatic carbocycles. The monoisotopic (exact) mass is 478 g/mol. The van der Waals surface area contributed by atoms with Crippen LogP contribution in [0.25, 0.3) is 33.3 Å². The molecule has 0 atom stereocenters. The quantitative estimate of drug-likeness (QED) is 0.265. The predicted octanol–water partition coefficient (Wildman–Crippen LogP) is 7.06. The molecule has 5 rings (SSSR count). The summed E-state index contributed by atoms with van der Waals surface area (Å²) in [7, 11) is 0. The van der Waals surface area contributed by atoms with E-state index in [-0.39, 0.29) is 12.5 Å². The highest BCUT2D eigenvalue weighted by molar-refractivity contribution is 7.15. The zero-order valence-electron chi connectivity index (χ0n) is 19.0. The molecule has 172 valence electrons. The Kier molecular flexibility index (Phi) is 6.37. The number of carbonyl (C=O) groups is 2. The van der Waals surface area contributed by atoms with Crippen LogP contribution in [-0.2, 0) is 4.74 Å². The number of nitrogens with zero attached hydrogens (tertiary/aromatic N) is 1. The van der Waals surface area contributed by atoms with Crippen LogP contribution in [-0.4, -0.2) is 23.5 Å². The Hall–Kier alpha value is -4.29. The summed E-state index contributed by atoms with van der Waals surface area (Å²) in [5.41, 5.74) is 4.80. The van der Waals surface area contributed by atoms with Crippen LogP contribution in [0.5, 0.6) is 0 Å². The van der Waals surface area contributed by atoms with Crippen LogP contribution in [0, 0.1) is 0 Å². The second-order valence-electron chi connectivity index (χ2n) is 7.83. The van der Waals surface area contributed by atoms with Crippen LogP contribution >= 0.6 is 11.3 Å². The zero-order valence-corrected chi connectivity index (χ0v) is 19.8. The van der Waals surface area contributed by atoms with Crippen molar-refractivity contribution in [2.45, 2.75) is 6.92 Å². The second-order valence-corrected chi connectivity index (χ2v) is 8.71. The van der Waals surface area contributed by atoms with Crippen molar-refractivity contribution in [3.63, 3.8) is 0 Å². The van der Waals surface area contributed by atoms with E-state index < -0.39 is 5.97 Å². The van der Waals surface area contributed by atoms with E-state index in [2.05, 4.69) is 5.32 Å². The molecule has 0 spiro atoms. The van der Waals surface area contributed by atoms with Gasteiger partial charge in [-0.15, -0.1) is 11.3 Å². The number of carbonyl (C=O) groups excluding carboxylic acids is 2. The number of fused-ring (bicyclic) bond motifs is 1. The average molecular weight is 479 g/mol. The number of hydrogen-bond donors (Lipinski definition) is 1. The number of pyridine rings is 1. The van der Waals surface area contributed by atoms with Gasteiger partial charge in [-0.1, -0.05) is 78.9 Å². The maximum Gasteiger partial charge on any atom is 0.341 e. The van der Waals surface area contributed by atoms with Crippen molar-refractivity contribution in [2.24, 2.45) is 0 Å². The Morgan fingerprint density at radius 1 is 0.886 bits per heavy atom. The molecule has 0 aliphatic rings. The lowest BCUT2D eigenvalue weighted by Crippen LogP contribution is -2.15. The van der Waals surface area contributed by atoms with E-state index >= 15 is 0 Å². The number of hydrogen-bond acceptors (Lipinski definition) is 5. The summed E-state index contributed by atoms with van der Waals surface area (Å²) in [6, 6.07) is 28.7. The van der Waals surface area contributed by atoms with Gasteiger partial charge in [-0.05, 0) is 24.6 Å².